The average molecular weight is 458 g/mol. The number of amides is 2. The minimum absolute atomic E-state index is 0.0455. The second kappa shape index (κ2) is 10.8. The molecule has 0 spiro atoms. The van der Waals surface area contributed by atoms with Crippen molar-refractivity contribution in [3.8, 4) is 11.1 Å². The molecule has 0 unspecified atom stereocenters. The van der Waals surface area contributed by atoms with Gasteiger partial charge in [0.2, 0.25) is 5.91 Å². The maximum absolute atomic E-state index is 13.3. The molecule has 0 saturated carbocycles. The molecule has 4 rings (SSSR count). The van der Waals surface area contributed by atoms with Gasteiger partial charge in [0.15, 0.2) is 0 Å². The van der Waals surface area contributed by atoms with Gasteiger partial charge in [-0.05, 0) is 28.8 Å². The standard InChI is InChI=1S/C27H27N3O4/c1-34-29-23-16-24(26(32)28-17-25(31)21-10-6-3-7-11-21)30(18-23)27(33)22-14-12-20(13-15-22)19-8-4-2-5-9-19/h2-15,24-25,31H,16-18H2,1H3,(H,28,32)/b29-23-/t24-,25+/m0/s1. The number of carbonyl (C=O) groups is 2. The Morgan fingerprint density at radius 3 is 2.26 bits per heavy atom. The van der Waals surface area contributed by atoms with Gasteiger partial charge in [-0.1, -0.05) is 78.0 Å². The van der Waals surface area contributed by atoms with Crippen molar-refractivity contribution in [2.75, 3.05) is 20.2 Å². The normalized spacial score (nSPS) is 17.4. The third-order valence-corrected chi connectivity index (χ3v) is 5.83. The average Bonchev–Trinajstić information content (AvgIpc) is 3.32. The summed E-state index contributed by atoms with van der Waals surface area (Å²) in [5.74, 6) is -0.602. The van der Waals surface area contributed by atoms with Crippen LogP contribution in [0.5, 0.6) is 0 Å². The van der Waals surface area contributed by atoms with Crippen molar-refractivity contribution < 1.29 is 19.5 Å². The molecule has 1 heterocycles. The number of likely N-dealkylation sites (tertiary alicyclic amines) is 1. The molecule has 7 heteroatoms. The van der Waals surface area contributed by atoms with Crippen molar-refractivity contribution in [3.05, 3.63) is 96.1 Å². The Hall–Kier alpha value is -3.97. The SMILES string of the molecule is CO/N=C1/C[C@@H](C(=O)NC[C@@H](O)c2ccccc2)N(C(=O)c2ccc(-c3ccccc3)cc2)C1. The predicted octanol–water partition coefficient (Wildman–Crippen LogP) is 3.42. The van der Waals surface area contributed by atoms with Crippen molar-refractivity contribution in [1.82, 2.24) is 10.2 Å². The van der Waals surface area contributed by atoms with E-state index >= 15 is 0 Å². The number of aliphatic hydroxyl groups excluding tert-OH is 1. The zero-order valence-electron chi connectivity index (χ0n) is 18.9. The first-order chi connectivity index (χ1) is 16.6. The predicted molar refractivity (Wildman–Crippen MR) is 130 cm³/mol. The maximum Gasteiger partial charge on any atom is 0.254 e. The van der Waals surface area contributed by atoms with Gasteiger partial charge < -0.3 is 20.2 Å². The minimum Gasteiger partial charge on any atom is -0.399 e. The zero-order valence-corrected chi connectivity index (χ0v) is 18.9. The summed E-state index contributed by atoms with van der Waals surface area (Å²) in [7, 11) is 1.44. The number of rotatable bonds is 7. The second-order valence-corrected chi connectivity index (χ2v) is 8.11. The van der Waals surface area contributed by atoms with Crippen molar-refractivity contribution in [1.29, 1.82) is 0 Å². The Bertz CT molecular complexity index is 1150. The van der Waals surface area contributed by atoms with E-state index in [0.29, 0.717) is 16.8 Å². The lowest BCUT2D eigenvalue weighted by atomic mass is 10.0. The van der Waals surface area contributed by atoms with Crippen LogP contribution in [-0.4, -0.2) is 53.8 Å². The van der Waals surface area contributed by atoms with Crippen molar-refractivity contribution in [3.63, 3.8) is 0 Å². The van der Waals surface area contributed by atoms with Gasteiger partial charge in [-0.2, -0.15) is 0 Å². The van der Waals surface area contributed by atoms with Crippen LogP contribution in [0.2, 0.25) is 0 Å². The van der Waals surface area contributed by atoms with Gasteiger partial charge in [-0.25, -0.2) is 0 Å². The summed E-state index contributed by atoms with van der Waals surface area (Å²) in [5.41, 5.74) is 3.87. The molecule has 3 aromatic rings. The Labute approximate surface area is 198 Å². The molecular weight excluding hydrogens is 430 g/mol. The van der Waals surface area contributed by atoms with Crippen LogP contribution >= 0.6 is 0 Å². The molecule has 1 saturated heterocycles. The van der Waals surface area contributed by atoms with E-state index in [2.05, 4.69) is 10.5 Å². The molecule has 0 bridgehead atoms. The van der Waals surface area contributed by atoms with Crippen LogP contribution in [0.25, 0.3) is 11.1 Å². The molecule has 2 amide bonds. The fraction of sp³-hybridized carbons (Fsp3) is 0.222. The van der Waals surface area contributed by atoms with Crippen molar-refractivity contribution in [2.45, 2.75) is 18.6 Å². The number of aliphatic hydroxyl groups is 1. The highest BCUT2D eigenvalue weighted by atomic mass is 16.6. The molecule has 1 fully saturated rings. The van der Waals surface area contributed by atoms with E-state index in [4.69, 9.17) is 4.84 Å². The van der Waals surface area contributed by atoms with Crippen LogP contribution in [0.4, 0.5) is 0 Å². The topological polar surface area (TPSA) is 91.2 Å². The molecule has 3 aromatic carbocycles. The van der Waals surface area contributed by atoms with E-state index in [1.165, 1.54) is 12.0 Å². The number of hydrogen-bond acceptors (Lipinski definition) is 5. The van der Waals surface area contributed by atoms with Crippen LogP contribution in [-0.2, 0) is 9.63 Å². The number of benzene rings is 3. The number of nitrogens with zero attached hydrogens (tertiary/aromatic N) is 2. The van der Waals surface area contributed by atoms with Crippen molar-refractivity contribution >= 4 is 17.5 Å². The third-order valence-electron chi connectivity index (χ3n) is 5.83. The molecule has 0 aromatic heterocycles. The van der Waals surface area contributed by atoms with Gasteiger partial charge >= 0.3 is 0 Å². The molecule has 7 nitrogen and oxygen atoms in total. The first kappa shape index (κ1) is 23.2. The molecular formula is C27H27N3O4. The molecule has 2 N–H and O–H groups in total. The summed E-state index contributed by atoms with van der Waals surface area (Å²) < 4.78 is 0. The Balaban J connectivity index is 1.47. The zero-order chi connectivity index (χ0) is 23.9. The van der Waals surface area contributed by atoms with E-state index < -0.39 is 12.1 Å². The molecule has 34 heavy (non-hydrogen) atoms. The highest BCUT2D eigenvalue weighted by Gasteiger charge is 2.38. The maximum atomic E-state index is 13.3. The molecule has 0 aliphatic carbocycles. The lowest BCUT2D eigenvalue weighted by Gasteiger charge is -2.24. The Morgan fingerprint density at radius 1 is 1.00 bits per heavy atom. The van der Waals surface area contributed by atoms with Gasteiger partial charge in [0.05, 0.1) is 18.4 Å². The third kappa shape index (κ3) is 5.32. The lowest BCUT2D eigenvalue weighted by Crippen LogP contribution is -2.46. The first-order valence-corrected chi connectivity index (χ1v) is 11.1. The van der Waals surface area contributed by atoms with Gasteiger partial charge in [-0.15, -0.1) is 0 Å². The fourth-order valence-corrected chi connectivity index (χ4v) is 4.06. The Morgan fingerprint density at radius 2 is 1.62 bits per heavy atom. The molecule has 174 valence electrons. The highest BCUT2D eigenvalue weighted by molar-refractivity contribution is 6.05. The van der Waals surface area contributed by atoms with E-state index in [1.807, 2.05) is 60.7 Å². The quantitative estimate of drug-likeness (QED) is 0.532. The summed E-state index contributed by atoms with van der Waals surface area (Å²) in [6.45, 7) is 0.246. The summed E-state index contributed by atoms with van der Waals surface area (Å²) in [4.78, 5) is 32.7. The second-order valence-electron chi connectivity index (χ2n) is 8.11. The summed E-state index contributed by atoms with van der Waals surface area (Å²) in [5, 5.41) is 17.1. The molecule has 2 atom stereocenters. The Kier molecular flexibility index (Phi) is 7.34. The summed E-state index contributed by atoms with van der Waals surface area (Å²) in [6, 6.07) is 25.6. The molecule has 1 aliphatic heterocycles. The number of hydrogen-bond donors (Lipinski definition) is 2. The van der Waals surface area contributed by atoms with E-state index in [1.54, 1.807) is 24.3 Å². The van der Waals surface area contributed by atoms with Gasteiger partial charge in [-0.3, -0.25) is 9.59 Å². The largest absolute Gasteiger partial charge is 0.399 e. The van der Waals surface area contributed by atoms with E-state index in [9.17, 15) is 14.7 Å². The van der Waals surface area contributed by atoms with Crippen LogP contribution in [0, 0.1) is 0 Å². The number of oxime groups is 1. The fourth-order valence-electron chi connectivity index (χ4n) is 4.06. The van der Waals surface area contributed by atoms with Crippen LogP contribution in [0.1, 0.15) is 28.4 Å². The van der Waals surface area contributed by atoms with E-state index in [0.717, 1.165) is 11.1 Å². The smallest absolute Gasteiger partial charge is 0.254 e. The van der Waals surface area contributed by atoms with Crippen LogP contribution in [0.3, 0.4) is 0 Å². The highest BCUT2D eigenvalue weighted by Crippen LogP contribution is 2.23. The monoisotopic (exact) mass is 457 g/mol. The number of carbonyl (C=O) groups excluding carboxylic acids is 2. The van der Waals surface area contributed by atoms with Gasteiger partial charge in [0.25, 0.3) is 5.91 Å². The van der Waals surface area contributed by atoms with Crippen molar-refractivity contribution in [2.24, 2.45) is 5.16 Å². The van der Waals surface area contributed by atoms with Gasteiger partial charge in [0.1, 0.15) is 13.2 Å². The summed E-state index contributed by atoms with van der Waals surface area (Å²) >= 11 is 0. The van der Waals surface area contributed by atoms with Gasteiger partial charge in [0, 0.05) is 18.5 Å². The lowest BCUT2D eigenvalue weighted by molar-refractivity contribution is -0.125. The number of nitrogens with one attached hydrogen (secondary N) is 1. The van der Waals surface area contributed by atoms with Crippen LogP contribution < -0.4 is 5.32 Å². The minimum atomic E-state index is -0.839. The first-order valence-electron chi connectivity index (χ1n) is 11.1. The van der Waals surface area contributed by atoms with E-state index in [-0.39, 0.29) is 31.3 Å². The summed E-state index contributed by atoms with van der Waals surface area (Å²) in [6.07, 6.45) is -0.567. The molecule has 0 radical (unpaired) electrons. The van der Waals surface area contributed by atoms with Crippen LogP contribution in [0.15, 0.2) is 90.1 Å². The molecule has 1 aliphatic rings.